The monoisotopic (exact) mass is 569 g/mol. The first-order chi connectivity index (χ1) is 19.4. The number of benzene rings is 2. The van der Waals surface area contributed by atoms with E-state index in [-0.39, 0.29) is 18.5 Å². The van der Waals surface area contributed by atoms with E-state index in [0.29, 0.717) is 62.0 Å². The molecule has 0 saturated carbocycles. The van der Waals surface area contributed by atoms with Crippen molar-refractivity contribution in [3.05, 3.63) is 69.9 Å². The predicted molar refractivity (Wildman–Crippen MR) is 158 cm³/mol. The lowest BCUT2D eigenvalue weighted by Gasteiger charge is -2.28. The van der Waals surface area contributed by atoms with Gasteiger partial charge in [0.05, 0.1) is 27.9 Å². The van der Waals surface area contributed by atoms with Gasteiger partial charge in [-0.15, -0.1) is 11.3 Å². The standard InChI is InChI=1S/C30H39N3O6S/c1-22-10-12-26(40-22)20-32(16-14-23-11-13-27(38-4)28(18-23)39-5)29(34)21-33(15-7-17-36-2)30(35)31-24-8-6-9-25(19-24)37-3/h6,8-13,18-19H,7,14-17,20-21H2,1-5H3,(H,31,35). The molecule has 1 heterocycles. The number of nitrogens with one attached hydrogen (secondary N) is 1. The van der Waals surface area contributed by atoms with Gasteiger partial charge in [-0.3, -0.25) is 4.79 Å². The Balaban J connectivity index is 1.76. The van der Waals surface area contributed by atoms with Crippen LogP contribution < -0.4 is 19.5 Å². The van der Waals surface area contributed by atoms with Crippen molar-refractivity contribution in [2.45, 2.75) is 26.3 Å². The number of carbonyl (C=O) groups is 2. The molecule has 0 bridgehead atoms. The van der Waals surface area contributed by atoms with E-state index in [1.165, 1.54) is 9.78 Å². The number of nitrogens with zero attached hydrogens (tertiary/aromatic N) is 2. The minimum atomic E-state index is -0.357. The van der Waals surface area contributed by atoms with Gasteiger partial charge in [0.2, 0.25) is 5.91 Å². The van der Waals surface area contributed by atoms with Gasteiger partial charge in [0, 0.05) is 48.3 Å². The molecule has 3 amide bonds. The van der Waals surface area contributed by atoms with Gasteiger partial charge in [-0.1, -0.05) is 12.1 Å². The van der Waals surface area contributed by atoms with Crippen molar-refractivity contribution < 1.29 is 28.5 Å². The van der Waals surface area contributed by atoms with Gasteiger partial charge in [0.15, 0.2) is 11.5 Å². The van der Waals surface area contributed by atoms with Crippen LogP contribution in [0.3, 0.4) is 0 Å². The molecule has 1 N–H and O–H groups in total. The van der Waals surface area contributed by atoms with Gasteiger partial charge >= 0.3 is 6.03 Å². The SMILES string of the molecule is COCCCN(CC(=O)N(CCc1ccc(OC)c(OC)c1)Cc1ccc(C)s1)C(=O)Nc1cccc(OC)c1. The number of ether oxygens (including phenoxy) is 4. The Kier molecular flexibility index (Phi) is 12.1. The molecule has 0 aliphatic heterocycles. The van der Waals surface area contributed by atoms with E-state index in [1.807, 2.05) is 36.1 Å². The summed E-state index contributed by atoms with van der Waals surface area (Å²) in [7, 11) is 6.39. The fourth-order valence-corrected chi connectivity index (χ4v) is 5.08. The lowest BCUT2D eigenvalue weighted by atomic mass is 10.1. The average Bonchev–Trinajstić information content (AvgIpc) is 3.38. The molecule has 0 aliphatic carbocycles. The summed E-state index contributed by atoms with van der Waals surface area (Å²) >= 11 is 1.66. The molecule has 9 nitrogen and oxygen atoms in total. The Labute approximate surface area is 240 Å². The first-order valence-corrected chi connectivity index (χ1v) is 13.9. The Morgan fingerprint density at radius 1 is 0.875 bits per heavy atom. The van der Waals surface area contributed by atoms with Crippen LogP contribution in [0.4, 0.5) is 10.5 Å². The maximum atomic E-state index is 13.7. The number of urea groups is 1. The number of anilines is 1. The predicted octanol–water partition coefficient (Wildman–Crippen LogP) is 5.22. The van der Waals surface area contributed by atoms with Gasteiger partial charge in [-0.05, 0) is 61.7 Å². The Hall–Kier alpha value is -3.76. The van der Waals surface area contributed by atoms with Crippen LogP contribution in [0.2, 0.25) is 0 Å². The summed E-state index contributed by atoms with van der Waals surface area (Å²) in [5.74, 6) is 1.80. The van der Waals surface area contributed by atoms with Crippen molar-refractivity contribution in [3.8, 4) is 17.2 Å². The van der Waals surface area contributed by atoms with E-state index in [2.05, 4.69) is 11.4 Å². The van der Waals surface area contributed by atoms with Crippen LogP contribution >= 0.6 is 11.3 Å². The van der Waals surface area contributed by atoms with Crippen LogP contribution in [-0.2, 0) is 22.5 Å². The fourth-order valence-electron chi connectivity index (χ4n) is 4.17. The smallest absolute Gasteiger partial charge is 0.322 e. The lowest BCUT2D eigenvalue weighted by molar-refractivity contribution is -0.132. The van der Waals surface area contributed by atoms with Crippen molar-refractivity contribution >= 4 is 29.0 Å². The Morgan fingerprint density at radius 3 is 2.35 bits per heavy atom. The third-order valence-corrected chi connectivity index (χ3v) is 7.31. The lowest BCUT2D eigenvalue weighted by Crippen LogP contribution is -2.45. The van der Waals surface area contributed by atoms with E-state index in [1.54, 1.807) is 64.0 Å². The second-order valence-electron chi connectivity index (χ2n) is 9.20. The molecule has 3 aromatic rings. The highest BCUT2D eigenvalue weighted by atomic mass is 32.1. The Bertz CT molecular complexity index is 1250. The summed E-state index contributed by atoms with van der Waals surface area (Å²) in [5.41, 5.74) is 1.61. The molecule has 0 atom stereocenters. The zero-order valence-electron chi connectivity index (χ0n) is 23.9. The van der Waals surface area contributed by atoms with Crippen LogP contribution in [-0.4, -0.2) is 76.4 Å². The summed E-state index contributed by atoms with van der Waals surface area (Å²) < 4.78 is 21.3. The summed E-state index contributed by atoms with van der Waals surface area (Å²) in [6.45, 7) is 3.79. The fraction of sp³-hybridized carbons (Fsp3) is 0.400. The minimum absolute atomic E-state index is 0.0597. The molecule has 1 aromatic heterocycles. The molecule has 40 heavy (non-hydrogen) atoms. The number of thiophene rings is 1. The molecule has 3 rings (SSSR count). The number of rotatable bonds is 15. The second kappa shape index (κ2) is 15.7. The van der Waals surface area contributed by atoms with Crippen LogP contribution in [0.1, 0.15) is 21.7 Å². The summed E-state index contributed by atoms with van der Waals surface area (Å²) in [4.78, 5) is 32.6. The van der Waals surface area contributed by atoms with Crippen molar-refractivity contribution in [2.24, 2.45) is 0 Å². The number of methoxy groups -OCH3 is 4. The van der Waals surface area contributed by atoms with Crippen molar-refractivity contribution in [1.29, 1.82) is 0 Å². The molecule has 0 radical (unpaired) electrons. The second-order valence-corrected chi connectivity index (χ2v) is 10.6. The molecule has 0 fully saturated rings. The minimum Gasteiger partial charge on any atom is -0.497 e. The largest absolute Gasteiger partial charge is 0.497 e. The summed E-state index contributed by atoms with van der Waals surface area (Å²) in [6.07, 6.45) is 1.22. The molecular formula is C30H39N3O6S. The van der Waals surface area contributed by atoms with Gasteiger partial charge in [0.1, 0.15) is 12.3 Å². The van der Waals surface area contributed by atoms with Crippen molar-refractivity contribution in [3.63, 3.8) is 0 Å². The molecule has 10 heteroatoms. The highest BCUT2D eigenvalue weighted by molar-refractivity contribution is 7.11. The first-order valence-electron chi connectivity index (χ1n) is 13.1. The molecule has 0 spiro atoms. The summed E-state index contributed by atoms with van der Waals surface area (Å²) in [6, 6.07) is 16.6. The highest BCUT2D eigenvalue weighted by Crippen LogP contribution is 2.28. The zero-order chi connectivity index (χ0) is 28.9. The molecule has 0 saturated heterocycles. The topological polar surface area (TPSA) is 89.6 Å². The maximum Gasteiger partial charge on any atom is 0.322 e. The number of amides is 3. The average molecular weight is 570 g/mol. The first kappa shape index (κ1) is 30.8. The van der Waals surface area contributed by atoms with Crippen LogP contribution in [0, 0.1) is 6.92 Å². The molecule has 0 aliphatic rings. The third-order valence-electron chi connectivity index (χ3n) is 6.32. The van der Waals surface area contributed by atoms with Crippen molar-refractivity contribution in [1.82, 2.24) is 9.80 Å². The molecule has 0 unspecified atom stereocenters. The molecular weight excluding hydrogens is 530 g/mol. The number of hydrogen-bond donors (Lipinski definition) is 1. The van der Waals surface area contributed by atoms with Crippen LogP contribution in [0.25, 0.3) is 0 Å². The van der Waals surface area contributed by atoms with Crippen LogP contribution in [0.5, 0.6) is 17.2 Å². The normalized spacial score (nSPS) is 10.6. The maximum absolute atomic E-state index is 13.7. The third kappa shape index (κ3) is 9.17. The van der Waals surface area contributed by atoms with Gasteiger partial charge < -0.3 is 34.1 Å². The van der Waals surface area contributed by atoms with E-state index < -0.39 is 0 Å². The summed E-state index contributed by atoms with van der Waals surface area (Å²) in [5, 5.41) is 2.89. The van der Waals surface area contributed by atoms with E-state index in [9.17, 15) is 9.59 Å². The van der Waals surface area contributed by atoms with Gasteiger partial charge in [-0.2, -0.15) is 0 Å². The van der Waals surface area contributed by atoms with Crippen LogP contribution in [0.15, 0.2) is 54.6 Å². The van der Waals surface area contributed by atoms with E-state index >= 15 is 0 Å². The van der Waals surface area contributed by atoms with E-state index in [4.69, 9.17) is 18.9 Å². The highest BCUT2D eigenvalue weighted by Gasteiger charge is 2.22. The molecule has 216 valence electrons. The van der Waals surface area contributed by atoms with Gasteiger partial charge in [-0.25, -0.2) is 4.79 Å². The van der Waals surface area contributed by atoms with Crippen molar-refractivity contribution in [2.75, 3.05) is 60.0 Å². The number of hydrogen-bond acceptors (Lipinski definition) is 7. The number of carbonyl (C=O) groups excluding carboxylic acids is 2. The van der Waals surface area contributed by atoms with E-state index in [0.717, 1.165) is 10.4 Å². The Morgan fingerprint density at radius 2 is 1.68 bits per heavy atom. The van der Waals surface area contributed by atoms with Gasteiger partial charge in [0.25, 0.3) is 0 Å². The quantitative estimate of drug-likeness (QED) is 0.252. The zero-order valence-corrected chi connectivity index (χ0v) is 24.7. The number of aryl methyl sites for hydroxylation is 1. The molecule has 2 aromatic carbocycles.